The molecule has 1 unspecified atom stereocenters. The Morgan fingerprint density at radius 2 is 1.70 bits per heavy atom. The van der Waals surface area contributed by atoms with Crippen LogP contribution in [0.1, 0.15) is 34.5 Å². The molecule has 0 spiro atoms. The van der Waals surface area contributed by atoms with Gasteiger partial charge in [-0.3, -0.25) is 4.79 Å². The lowest BCUT2D eigenvalue weighted by atomic mass is 9.92. The summed E-state index contributed by atoms with van der Waals surface area (Å²) < 4.78 is 10.5. The normalized spacial score (nSPS) is 16.7. The number of ether oxygens (including phenoxy) is 2. The maximum absolute atomic E-state index is 12.8. The highest BCUT2D eigenvalue weighted by molar-refractivity contribution is 5.94. The van der Waals surface area contributed by atoms with E-state index in [1.807, 2.05) is 41.3 Å². The van der Waals surface area contributed by atoms with Crippen molar-refractivity contribution in [2.24, 2.45) is 0 Å². The largest absolute Gasteiger partial charge is 0.497 e. The molecule has 2 aromatic carbocycles. The number of benzene rings is 2. The number of carbonyl (C=O) groups is 1. The number of amides is 1. The molecule has 23 heavy (non-hydrogen) atoms. The molecular formula is C19H21NO3. The predicted molar refractivity (Wildman–Crippen MR) is 89.1 cm³/mol. The molecule has 0 saturated heterocycles. The monoisotopic (exact) mass is 311 g/mol. The van der Waals surface area contributed by atoms with Crippen molar-refractivity contribution in [1.82, 2.24) is 4.90 Å². The summed E-state index contributed by atoms with van der Waals surface area (Å²) in [6.45, 7) is 2.80. The Bertz CT molecular complexity index is 709. The van der Waals surface area contributed by atoms with Crippen LogP contribution in [-0.2, 0) is 6.42 Å². The van der Waals surface area contributed by atoms with Crippen LogP contribution in [0.2, 0.25) is 0 Å². The van der Waals surface area contributed by atoms with E-state index >= 15 is 0 Å². The minimum atomic E-state index is 0.0310. The van der Waals surface area contributed by atoms with Crippen molar-refractivity contribution >= 4 is 5.91 Å². The maximum atomic E-state index is 12.8. The fourth-order valence-corrected chi connectivity index (χ4v) is 3.10. The summed E-state index contributed by atoms with van der Waals surface area (Å²) in [5.74, 6) is 1.63. The first kappa shape index (κ1) is 15.4. The molecule has 2 aromatic rings. The van der Waals surface area contributed by atoms with Gasteiger partial charge in [-0.15, -0.1) is 0 Å². The smallest absolute Gasteiger partial charge is 0.254 e. The van der Waals surface area contributed by atoms with Crippen molar-refractivity contribution in [1.29, 1.82) is 0 Å². The molecule has 0 bridgehead atoms. The Kier molecular flexibility index (Phi) is 4.24. The van der Waals surface area contributed by atoms with Crippen LogP contribution in [0.25, 0.3) is 0 Å². The van der Waals surface area contributed by atoms with Gasteiger partial charge < -0.3 is 14.4 Å². The van der Waals surface area contributed by atoms with Crippen LogP contribution >= 0.6 is 0 Å². The van der Waals surface area contributed by atoms with Gasteiger partial charge in [0.05, 0.1) is 20.3 Å². The summed E-state index contributed by atoms with van der Waals surface area (Å²) in [4.78, 5) is 14.7. The second-order valence-corrected chi connectivity index (χ2v) is 5.72. The molecule has 3 rings (SSSR count). The summed E-state index contributed by atoms with van der Waals surface area (Å²) in [7, 11) is 3.28. The summed E-state index contributed by atoms with van der Waals surface area (Å²) in [6.07, 6.45) is 0.867. The fraction of sp³-hybridized carbons (Fsp3) is 0.316. The zero-order valence-corrected chi connectivity index (χ0v) is 13.7. The lowest BCUT2D eigenvalue weighted by molar-refractivity contribution is 0.0677. The van der Waals surface area contributed by atoms with Crippen LogP contribution in [0.4, 0.5) is 0 Å². The number of methoxy groups -OCH3 is 2. The van der Waals surface area contributed by atoms with Gasteiger partial charge in [0.25, 0.3) is 5.91 Å². The molecule has 1 aliphatic heterocycles. The van der Waals surface area contributed by atoms with Crippen LogP contribution in [0.3, 0.4) is 0 Å². The molecule has 1 heterocycles. The highest BCUT2D eigenvalue weighted by Gasteiger charge is 2.28. The summed E-state index contributed by atoms with van der Waals surface area (Å²) in [6, 6.07) is 13.4. The van der Waals surface area contributed by atoms with Gasteiger partial charge in [0.2, 0.25) is 0 Å². The number of carbonyl (C=O) groups excluding carboxylic acids is 1. The van der Waals surface area contributed by atoms with Gasteiger partial charge in [-0.05, 0) is 60.9 Å². The number of hydrogen-bond donors (Lipinski definition) is 0. The quantitative estimate of drug-likeness (QED) is 0.871. The number of rotatable bonds is 3. The van der Waals surface area contributed by atoms with E-state index in [0.717, 1.165) is 30.0 Å². The first-order valence-electron chi connectivity index (χ1n) is 7.76. The van der Waals surface area contributed by atoms with Crippen molar-refractivity contribution in [2.75, 3.05) is 20.8 Å². The molecule has 0 aliphatic carbocycles. The number of hydrogen-bond acceptors (Lipinski definition) is 3. The Morgan fingerprint density at radius 1 is 1.04 bits per heavy atom. The zero-order chi connectivity index (χ0) is 16.4. The second kappa shape index (κ2) is 6.32. The van der Waals surface area contributed by atoms with Crippen LogP contribution in [0, 0.1) is 0 Å². The zero-order valence-electron chi connectivity index (χ0n) is 13.7. The van der Waals surface area contributed by atoms with E-state index in [-0.39, 0.29) is 11.9 Å². The van der Waals surface area contributed by atoms with Gasteiger partial charge in [0.15, 0.2) is 0 Å². The van der Waals surface area contributed by atoms with Gasteiger partial charge in [0.1, 0.15) is 11.5 Å². The van der Waals surface area contributed by atoms with E-state index in [9.17, 15) is 4.79 Å². The summed E-state index contributed by atoms with van der Waals surface area (Å²) in [5.41, 5.74) is 3.14. The SMILES string of the molecule is COc1ccc(C(=O)N2CCc3ccc(OC)cc3C2C)cc1. The van der Waals surface area contributed by atoms with E-state index < -0.39 is 0 Å². The van der Waals surface area contributed by atoms with E-state index in [4.69, 9.17) is 9.47 Å². The number of nitrogens with zero attached hydrogens (tertiary/aromatic N) is 1. The second-order valence-electron chi connectivity index (χ2n) is 5.72. The van der Waals surface area contributed by atoms with Crippen LogP contribution in [0.15, 0.2) is 42.5 Å². The van der Waals surface area contributed by atoms with Gasteiger partial charge in [-0.1, -0.05) is 6.07 Å². The molecule has 0 N–H and O–H groups in total. The predicted octanol–water partition coefficient (Wildman–Crippen LogP) is 3.46. The van der Waals surface area contributed by atoms with Crippen molar-refractivity contribution in [3.8, 4) is 11.5 Å². The van der Waals surface area contributed by atoms with Crippen molar-refractivity contribution in [2.45, 2.75) is 19.4 Å². The van der Waals surface area contributed by atoms with Gasteiger partial charge in [-0.2, -0.15) is 0 Å². The molecule has 0 aromatic heterocycles. The Hall–Kier alpha value is -2.49. The van der Waals surface area contributed by atoms with E-state index in [0.29, 0.717) is 5.56 Å². The fourth-order valence-electron chi connectivity index (χ4n) is 3.10. The minimum Gasteiger partial charge on any atom is -0.497 e. The first-order valence-corrected chi connectivity index (χ1v) is 7.76. The molecular weight excluding hydrogens is 290 g/mol. The summed E-state index contributed by atoms with van der Waals surface area (Å²) in [5, 5.41) is 0. The van der Waals surface area contributed by atoms with Gasteiger partial charge >= 0.3 is 0 Å². The maximum Gasteiger partial charge on any atom is 0.254 e. The molecule has 4 nitrogen and oxygen atoms in total. The highest BCUT2D eigenvalue weighted by Crippen LogP contribution is 2.33. The van der Waals surface area contributed by atoms with Crippen LogP contribution in [0.5, 0.6) is 11.5 Å². The van der Waals surface area contributed by atoms with Crippen molar-refractivity contribution in [3.05, 3.63) is 59.2 Å². The van der Waals surface area contributed by atoms with Crippen molar-refractivity contribution in [3.63, 3.8) is 0 Å². The van der Waals surface area contributed by atoms with E-state index in [1.165, 1.54) is 5.56 Å². The average Bonchev–Trinajstić information content (AvgIpc) is 2.61. The highest BCUT2D eigenvalue weighted by atomic mass is 16.5. The van der Waals surface area contributed by atoms with Crippen LogP contribution in [-0.4, -0.2) is 31.6 Å². The summed E-state index contributed by atoms with van der Waals surface area (Å²) >= 11 is 0. The van der Waals surface area contributed by atoms with Crippen LogP contribution < -0.4 is 9.47 Å². The molecule has 1 atom stereocenters. The Labute approximate surface area is 136 Å². The Morgan fingerprint density at radius 3 is 2.35 bits per heavy atom. The first-order chi connectivity index (χ1) is 11.1. The third-order valence-corrected chi connectivity index (χ3v) is 4.49. The molecule has 1 aliphatic rings. The third-order valence-electron chi connectivity index (χ3n) is 4.49. The molecule has 0 radical (unpaired) electrons. The third kappa shape index (κ3) is 2.89. The molecule has 0 saturated carbocycles. The topological polar surface area (TPSA) is 38.8 Å². The minimum absolute atomic E-state index is 0.0310. The van der Waals surface area contributed by atoms with Gasteiger partial charge in [0, 0.05) is 12.1 Å². The molecule has 120 valence electrons. The lowest BCUT2D eigenvalue weighted by Gasteiger charge is -2.35. The lowest BCUT2D eigenvalue weighted by Crippen LogP contribution is -2.38. The standard InChI is InChI=1S/C19H21NO3/c1-13-18-12-17(23-3)9-4-14(18)10-11-20(13)19(21)15-5-7-16(22-2)8-6-15/h4-9,12-13H,10-11H2,1-3H3. The molecule has 1 amide bonds. The number of fused-ring (bicyclic) bond motifs is 1. The molecule has 0 fully saturated rings. The van der Waals surface area contributed by atoms with E-state index in [1.54, 1.807) is 14.2 Å². The van der Waals surface area contributed by atoms with Gasteiger partial charge in [-0.25, -0.2) is 0 Å². The molecule has 4 heteroatoms. The Balaban J connectivity index is 1.86. The average molecular weight is 311 g/mol. The van der Waals surface area contributed by atoms with E-state index in [2.05, 4.69) is 13.0 Å². The van der Waals surface area contributed by atoms with Crippen molar-refractivity contribution < 1.29 is 14.3 Å².